The number of hydrazone groups is 1. The van der Waals surface area contributed by atoms with Crippen LogP contribution in [0.1, 0.15) is 5.56 Å². The van der Waals surface area contributed by atoms with Crippen molar-refractivity contribution in [3.8, 4) is 11.5 Å². The summed E-state index contributed by atoms with van der Waals surface area (Å²) in [6, 6.07) is 15.6. The molecule has 0 aliphatic carbocycles. The number of aromatic nitrogens is 1. The van der Waals surface area contributed by atoms with Crippen LogP contribution in [-0.4, -0.2) is 18.0 Å². The van der Waals surface area contributed by atoms with Crippen LogP contribution in [0, 0.1) is 0 Å². The van der Waals surface area contributed by atoms with Gasteiger partial charge >= 0.3 is 0 Å². The van der Waals surface area contributed by atoms with Crippen molar-refractivity contribution in [3.05, 3.63) is 60.3 Å². The summed E-state index contributed by atoms with van der Waals surface area (Å²) in [5, 5.41) is 5.35. The SMILES string of the molecule is C(=N/Nc1cccc2cccnc12)/c1ccc2c(c1)OCO2. The van der Waals surface area contributed by atoms with Crippen LogP contribution in [0.25, 0.3) is 10.9 Å². The quantitative estimate of drug-likeness (QED) is 0.593. The topological polar surface area (TPSA) is 55.7 Å². The van der Waals surface area contributed by atoms with Gasteiger partial charge in [0.2, 0.25) is 6.79 Å². The van der Waals surface area contributed by atoms with Gasteiger partial charge in [-0.05, 0) is 35.9 Å². The zero-order valence-corrected chi connectivity index (χ0v) is 11.7. The van der Waals surface area contributed by atoms with E-state index in [9.17, 15) is 0 Å². The van der Waals surface area contributed by atoms with Crippen molar-refractivity contribution < 1.29 is 9.47 Å². The van der Waals surface area contributed by atoms with Crippen LogP contribution in [0.3, 0.4) is 0 Å². The van der Waals surface area contributed by atoms with E-state index >= 15 is 0 Å². The molecule has 0 atom stereocenters. The summed E-state index contributed by atoms with van der Waals surface area (Å²) in [6.45, 7) is 0.274. The third-order valence-electron chi connectivity index (χ3n) is 3.43. The first kappa shape index (κ1) is 12.6. The lowest BCUT2D eigenvalue weighted by atomic mass is 10.2. The van der Waals surface area contributed by atoms with Gasteiger partial charge in [0.1, 0.15) is 0 Å². The fraction of sp³-hybridized carbons (Fsp3) is 0.0588. The summed E-state index contributed by atoms with van der Waals surface area (Å²) in [6.07, 6.45) is 3.51. The first-order valence-corrected chi connectivity index (χ1v) is 6.93. The predicted octanol–water partition coefficient (Wildman–Crippen LogP) is 3.41. The second-order valence-electron chi connectivity index (χ2n) is 4.86. The van der Waals surface area contributed by atoms with Crippen LogP contribution >= 0.6 is 0 Å². The molecule has 4 rings (SSSR count). The van der Waals surface area contributed by atoms with E-state index in [2.05, 4.69) is 15.5 Å². The molecule has 3 aromatic rings. The third kappa shape index (κ3) is 2.33. The van der Waals surface area contributed by atoms with E-state index in [0.717, 1.165) is 33.7 Å². The van der Waals surface area contributed by atoms with Gasteiger partial charge in [-0.1, -0.05) is 18.2 Å². The molecule has 2 heterocycles. The van der Waals surface area contributed by atoms with Gasteiger partial charge in [0.05, 0.1) is 17.4 Å². The molecule has 2 aromatic carbocycles. The Morgan fingerprint density at radius 2 is 1.95 bits per heavy atom. The summed E-state index contributed by atoms with van der Waals surface area (Å²) in [5.41, 5.74) is 5.74. The van der Waals surface area contributed by atoms with Crippen LogP contribution in [-0.2, 0) is 0 Å². The van der Waals surface area contributed by atoms with E-state index < -0.39 is 0 Å². The normalized spacial score (nSPS) is 12.9. The van der Waals surface area contributed by atoms with Gasteiger partial charge in [-0.2, -0.15) is 5.10 Å². The summed E-state index contributed by atoms with van der Waals surface area (Å²) in [4.78, 5) is 4.38. The summed E-state index contributed by atoms with van der Waals surface area (Å²) in [7, 11) is 0. The zero-order valence-electron chi connectivity index (χ0n) is 11.7. The summed E-state index contributed by atoms with van der Waals surface area (Å²) >= 11 is 0. The number of rotatable bonds is 3. The van der Waals surface area contributed by atoms with Crippen molar-refractivity contribution in [1.82, 2.24) is 4.98 Å². The zero-order chi connectivity index (χ0) is 14.8. The molecule has 0 fully saturated rings. The second-order valence-corrected chi connectivity index (χ2v) is 4.86. The van der Waals surface area contributed by atoms with Crippen LogP contribution in [0.15, 0.2) is 59.8 Å². The van der Waals surface area contributed by atoms with Crippen molar-refractivity contribution in [2.45, 2.75) is 0 Å². The van der Waals surface area contributed by atoms with Gasteiger partial charge in [-0.3, -0.25) is 10.4 Å². The fourth-order valence-corrected chi connectivity index (χ4v) is 2.36. The van der Waals surface area contributed by atoms with Gasteiger partial charge in [0.15, 0.2) is 11.5 Å². The van der Waals surface area contributed by atoms with Crippen molar-refractivity contribution in [2.75, 3.05) is 12.2 Å². The average Bonchev–Trinajstić information content (AvgIpc) is 3.03. The van der Waals surface area contributed by atoms with Crippen molar-refractivity contribution >= 4 is 22.8 Å². The van der Waals surface area contributed by atoms with E-state index in [1.54, 1.807) is 12.4 Å². The second kappa shape index (κ2) is 5.37. The van der Waals surface area contributed by atoms with Crippen LogP contribution < -0.4 is 14.9 Å². The Hall–Kier alpha value is -3.08. The van der Waals surface area contributed by atoms with Crippen LogP contribution in [0.2, 0.25) is 0 Å². The Morgan fingerprint density at radius 1 is 1.05 bits per heavy atom. The summed E-state index contributed by atoms with van der Waals surface area (Å²) in [5.74, 6) is 1.51. The highest BCUT2D eigenvalue weighted by Crippen LogP contribution is 2.32. The number of nitrogens with one attached hydrogen (secondary N) is 1. The molecule has 0 saturated carbocycles. The lowest BCUT2D eigenvalue weighted by molar-refractivity contribution is 0.174. The molecule has 0 radical (unpaired) electrons. The number of anilines is 1. The molecule has 22 heavy (non-hydrogen) atoms. The number of fused-ring (bicyclic) bond motifs is 2. The Morgan fingerprint density at radius 3 is 2.95 bits per heavy atom. The molecule has 1 N–H and O–H groups in total. The van der Waals surface area contributed by atoms with Crippen LogP contribution in [0.5, 0.6) is 11.5 Å². The minimum Gasteiger partial charge on any atom is -0.454 e. The molecule has 5 nitrogen and oxygen atoms in total. The molecule has 1 aromatic heterocycles. The molecule has 1 aliphatic rings. The van der Waals surface area contributed by atoms with Crippen molar-refractivity contribution in [1.29, 1.82) is 0 Å². The minimum atomic E-state index is 0.274. The molecular weight excluding hydrogens is 278 g/mol. The molecule has 0 spiro atoms. The largest absolute Gasteiger partial charge is 0.454 e. The monoisotopic (exact) mass is 291 g/mol. The lowest BCUT2D eigenvalue weighted by Crippen LogP contribution is -1.93. The van der Waals surface area contributed by atoms with Crippen molar-refractivity contribution in [3.63, 3.8) is 0 Å². The van der Waals surface area contributed by atoms with Crippen LogP contribution in [0.4, 0.5) is 5.69 Å². The number of para-hydroxylation sites is 1. The number of benzene rings is 2. The number of ether oxygens (including phenoxy) is 2. The highest BCUT2D eigenvalue weighted by atomic mass is 16.7. The average molecular weight is 291 g/mol. The van der Waals surface area contributed by atoms with Gasteiger partial charge in [-0.15, -0.1) is 0 Å². The van der Waals surface area contributed by atoms with Gasteiger partial charge in [0.25, 0.3) is 0 Å². The molecular formula is C17H13N3O2. The fourth-order valence-electron chi connectivity index (χ4n) is 2.36. The summed E-state index contributed by atoms with van der Waals surface area (Å²) < 4.78 is 10.6. The standard InChI is InChI=1S/C17H13N3O2/c1-3-13-4-2-8-18-17(13)14(5-1)20-19-10-12-6-7-15-16(9-12)22-11-21-15/h1-10,20H,11H2/b19-10-. The predicted molar refractivity (Wildman–Crippen MR) is 85.5 cm³/mol. The maximum absolute atomic E-state index is 5.35. The van der Waals surface area contributed by atoms with E-state index in [0.29, 0.717) is 0 Å². The first-order valence-electron chi connectivity index (χ1n) is 6.93. The third-order valence-corrected chi connectivity index (χ3v) is 3.43. The number of hydrogen-bond donors (Lipinski definition) is 1. The Balaban J connectivity index is 1.56. The molecule has 1 aliphatic heterocycles. The van der Waals surface area contributed by atoms with E-state index in [1.807, 2.05) is 48.5 Å². The highest BCUT2D eigenvalue weighted by molar-refractivity contribution is 5.90. The minimum absolute atomic E-state index is 0.274. The smallest absolute Gasteiger partial charge is 0.231 e. The first-order chi connectivity index (χ1) is 10.9. The molecule has 0 amide bonds. The Bertz CT molecular complexity index is 856. The van der Waals surface area contributed by atoms with Crippen molar-refractivity contribution in [2.24, 2.45) is 5.10 Å². The number of pyridine rings is 1. The molecule has 0 unspecified atom stereocenters. The Kier molecular flexibility index (Phi) is 3.08. The maximum atomic E-state index is 5.35. The molecule has 0 saturated heterocycles. The number of hydrogen-bond acceptors (Lipinski definition) is 5. The van der Waals surface area contributed by atoms with Gasteiger partial charge < -0.3 is 9.47 Å². The number of nitrogens with zero attached hydrogens (tertiary/aromatic N) is 2. The highest BCUT2D eigenvalue weighted by Gasteiger charge is 2.12. The molecule has 108 valence electrons. The Labute approximate surface area is 127 Å². The molecule has 5 heteroatoms. The maximum Gasteiger partial charge on any atom is 0.231 e. The lowest BCUT2D eigenvalue weighted by Gasteiger charge is -2.04. The van der Waals surface area contributed by atoms with Gasteiger partial charge in [-0.25, -0.2) is 0 Å². The van der Waals surface area contributed by atoms with E-state index in [1.165, 1.54) is 0 Å². The van der Waals surface area contributed by atoms with Gasteiger partial charge in [0, 0.05) is 11.6 Å². The van der Waals surface area contributed by atoms with E-state index in [-0.39, 0.29) is 6.79 Å². The molecule has 0 bridgehead atoms. The van der Waals surface area contributed by atoms with E-state index in [4.69, 9.17) is 9.47 Å².